The van der Waals surface area contributed by atoms with E-state index in [4.69, 9.17) is 9.47 Å². The van der Waals surface area contributed by atoms with Gasteiger partial charge >= 0.3 is 5.97 Å². The summed E-state index contributed by atoms with van der Waals surface area (Å²) >= 11 is 0. The molecule has 0 bridgehead atoms. The molecule has 5 atom stereocenters. The summed E-state index contributed by atoms with van der Waals surface area (Å²) in [6.07, 6.45) is 1.73. The van der Waals surface area contributed by atoms with Crippen molar-refractivity contribution in [2.24, 2.45) is 5.92 Å². The first-order valence-electron chi connectivity index (χ1n) is 10.7. The number of β-lactam (4-membered cyclic amide) rings is 1. The monoisotopic (exact) mass is 435 g/mol. The first kappa shape index (κ1) is 22.9. The molecule has 0 aromatic heterocycles. The molecule has 8 heteroatoms. The summed E-state index contributed by atoms with van der Waals surface area (Å²) in [6.45, 7) is 7.42. The first-order valence-corrected chi connectivity index (χ1v) is 13.7. The van der Waals surface area contributed by atoms with Gasteiger partial charge in [0.25, 0.3) is 0 Å². The maximum absolute atomic E-state index is 12.0. The molecular formula is C22H33NO6Si. The molecule has 1 amide bonds. The summed E-state index contributed by atoms with van der Waals surface area (Å²) in [5.41, 5.74) is 1.91. The van der Waals surface area contributed by atoms with E-state index in [9.17, 15) is 19.5 Å². The van der Waals surface area contributed by atoms with Gasteiger partial charge in [0, 0.05) is 24.8 Å². The number of ether oxygens (including phenoxy) is 2. The highest BCUT2D eigenvalue weighted by molar-refractivity contribution is 6.71. The maximum Gasteiger partial charge on any atom is 0.304 e. The number of carbonyl (C=O) groups is 2. The number of aryl methyl sites for hydroxylation is 1. The minimum atomic E-state index is -2.41. The molecule has 2 aliphatic heterocycles. The smallest absolute Gasteiger partial charge is 0.304 e. The summed E-state index contributed by atoms with van der Waals surface area (Å²) in [7, 11) is -2.41. The van der Waals surface area contributed by atoms with Crippen molar-refractivity contribution in [3.05, 3.63) is 29.8 Å². The molecule has 3 rings (SSSR count). The predicted molar refractivity (Wildman–Crippen MR) is 115 cm³/mol. The van der Waals surface area contributed by atoms with Crippen LogP contribution in [0.4, 0.5) is 5.69 Å². The second-order valence-corrected chi connectivity index (χ2v) is 13.0. The number of nitrogens with zero attached hydrogens (tertiary/aromatic N) is 1. The topological polar surface area (TPSA) is 96.3 Å². The number of rotatable bonds is 8. The van der Waals surface area contributed by atoms with Crippen molar-refractivity contribution < 1.29 is 29.0 Å². The van der Waals surface area contributed by atoms with E-state index < -0.39 is 20.5 Å². The van der Waals surface area contributed by atoms with Crippen molar-refractivity contribution in [3.63, 3.8) is 0 Å². The van der Waals surface area contributed by atoms with Crippen LogP contribution in [0, 0.1) is 5.92 Å². The summed E-state index contributed by atoms with van der Waals surface area (Å²) in [5.74, 6) is -0.235. The molecule has 0 radical (unpaired) electrons. The first-order chi connectivity index (χ1) is 14.1. The van der Waals surface area contributed by atoms with Gasteiger partial charge in [0.15, 0.2) is 14.5 Å². The Morgan fingerprint density at radius 3 is 2.63 bits per heavy atom. The molecule has 7 nitrogen and oxygen atoms in total. The molecule has 2 heterocycles. The lowest BCUT2D eigenvalue weighted by atomic mass is 9.95. The van der Waals surface area contributed by atoms with Gasteiger partial charge in [-0.2, -0.15) is 0 Å². The van der Waals surface area contributed by atoms with E-state index in [1.54, 1.807) is 0 Å². The molecule has 166 valence electrons. The number of hydrogen-bond donors (Lipinski definition) is 2. The van der Waals surface area contributed by atoms with Crippen molar-refractivity contribution in [2.45, 2.75) is 76.6 Å². The second-order valence-electron chi connectivity index (χ2n) is 9.00. The van der Waals surface area contributed by atoms with Gasteiger partial charge in [-0.25, -0.2) is 0 Å². The van der Waals surface area contributed by atoms with Crippen LogP contribution in [0.3, 0.4) is 0 Å². The third-order valence-electron chi connectivity index (χ3n) is 6.25. The standard InChI is InChI=1S/C22H33NO6Si/c1-14-18(29-19(10-11-24)22(14)30(3,4)27)9-8-16-6-5-7-17(12-16)23-20(26)13-21(23)28-15(2)25/h5-7,12,14,18-19,21-22,24,27H,8-11,13H2,1-4H3/t14-,18+,19-,21?,22+/m1/s1. The van der Waals surface area contributed by atoms with E-state index in [1.165, 1.54) is 11.8 Å². The zero-order chi connectivity index (χ0) is 22.1. The van der Waals surface area contributed by atoms with Crippen molar-refractivity contribution in [1.29, 1.82) is 0 Å². The van der Waals surface area contributed by atoms with E-state index in [0.29, 0.717) is 6.42 Å². The van der Waals surface area contributed by atoms with Crippen molar-refractivity contribution >= 4 is 25.9 Å². The lowest BCUT2D eigenvalue weighted by Crippen LogP contribution is -2.54. The Hall–Kier alpha value is -1.74. The highest BCUT2D eigenvalue weighted by Gasteiger charge is 2.49. The largest absolute Gasteiger partial charge is 0.441 e. The fourth-order valence-electron chi connectivity index (χ4n) is 4.96. The van der Waals surface area contributed by atoms with Crippen LogP contribution in [0.5, 0.6) is 0 Å². The minimum absolute atomic E-state index is 0.0218. The third kappa shape index (κ3) is 4.94. The van der Waals surface area contributed by atoms with Crippen molar-refractivity contribution in [1.82, 2.24) is 0 Å². The number of benzene rings is 1. The lowest BCUT2D eigenvalue weighted by molar-refractivity contribution is -0.153. The molecular weight excluding hydrogens is 402 g/mol. The van der Waals surface area contributed by atoms with E-state index in [0.717, 1.165) is 24.1 Å². The summed E-state index contributed by atoms with van der Waals surface area (Å²) in [4.78, 5) is 35.5. The van der Waals surface area contributed by atoms with Crippen molar-refractivity contribution in [2.75, 3.05) is 11.5 Å². The van der Waals surface area contributed by atoms with Crippen LogP contribution < -0.4 is 4.90 Å². The molecule has 2 aliphatic rings. The van der Waals surface area contributed by atoms with Crippen LogP contribution in [-0.2, 0) is 25.5 Å². The molecule has 30 heavy (non-hydrogen) atoms. The Morgan fingerprint density at radius 2 is 2.03 bits per heavy atom. The second kappa shape index (κ2) is 9.17. The maximum atomic E-state index is 12.0. The molecule has 0 aliphatic carbocycles. The molecule has 0 saturated carbocycles. The van der Waals surface area contributed by atoms with E-state index in [2.05, 4.69) is 6.92 Å². The van der Waals surface area contributed by atoms with Gasteiger partial charge < -0.3 is 19.4 Å². The summed E-state index contributed by atoms with van der Waals surface area (Å²) in [6, 6.07) is 7.72. The summed E-state index contributed by atoms with van der Waals surface area (Å²) < 4.78 is 11.5. The Balaban J connectivity index is 1.66. The average molecular weight is 436 g/mol. The number of anilines is 1. The quantitative estimate of drug-likeness (QED) is 0.370. The highest BCUT2D eigenvalue weighted by atomic mass is 28.4. The van der Waals surface area contributed by atoms with Crippen LogP contribution in [0.25, 0.3) is 0 Å². The molecule has 0 spiro atoms. The fraction of sp³-hybridized carbons (Fsp3) is 0.636. The molecule has 2 N–H and O–H groups in total. The molecule has 1 aromatic rings. The number of aliphatic hydroxyl groups excluding tert-OH is 1. The molecule has 1 unspecified atom stereocenters. The normalized spacial score (nSPS) is 29.1. The molecule has 1 aromatic carbocycles. The van der Waals surface area contributed by atoms with Crippen LogP contribution in [0.2, 0.25) is 18.6 Å². The lowest BCUT2D eigenvalue weighted by Gasteiger charge is -2.39. The number of carbonyl (C=O) groups excluding carboxylic acids is 2. The van der Waals surface area contributed by atoms with E-state index in [-0.39, 0.29) is 42.6 Å². The zero-order valence-electron chi connectivity index (χ0n) is 18.2. The van der Waals surface area contributed by atoms with Crippen molar-refractivity contribution in [3.8, 4) is 0 Å². The Morgan fingerprint density at radius 1 is 1.30 bits per heavy atom. The molecule has 2 fully saturated rings. The van der Waals surface area contributed by atoms with Gasteiger partial charge in [0.05, 0.1) is 18.6 Å². The SMILES string of the molecule is CC(=O)OC1CC(=O)N1c1cccc(CC[C@@H]2O[C@H](CCO)[C@@H]([Si](C)(C)O)[C@@H]2C)c1. The minimum Gasteiger partial charge on any atom is -0.441 e. The van der Waals surface area contributed by atoms with E-state index >= 15 is 0 Å². The van der Waals surface area contributed by atoms with Crippen LogP contribution in [0.15, 0.2) is 24.3 Å². The zero-order valence-corrected chi connectivity index (χ0v) is 19.2. The Kier molecular flexibility index (Phi) is 7.01. The molecule has 2 saturated heterocycles. The van der Waals surface area contributed by atoms with Gasteiger partial charge in [-0.1, -0.05) is 19.1 Å². The van der Waals surface area contributed by atoms with E-state index in [1.807, 2.05) is 37.4 Å². The fourth-order valence-corrected chi connectivity index (χ4v) is 7.62. The van der Waals surface area contributed by atoms with Gasteiger partial charge in [0.1, 0.15) is 0 Å². The third-order valence-corrected chi connectivity index (χ3v) is 8.78. The van der Waals surface area contributed by atoms with Gasteiger partial charge in [-0.3, -0.25) is 14.5 Å². The highest BCUT2D eigenvalue weighted by Crippen LogP contribution is 2.45. The number of amides is 1. The van der Waals surface area contributed by atoms with Crippen LogP contribution in [-0.4, -0.2) is 55.1 Å². The average Bonchev–Trinajstić information content (AvgIpc) is 2.95. The van der Waals surface area contributed by atoms with Crippen LogP contribution in [0.1, 0.15) is 38.7 Å². The number of esters is 1. The predicted octanol–water partition coefficient (Wildman–Crippen LogP) is 2.60. The Labute approximate surface area is 179 Å². The Bertz CT molecular complexity index is 779. The number of aliphatic hydroxyl groups is 1. The van der Waals surface area contributed by atoms with Crippen LogP contribution >= 0.6 is 0 Å². The van der Waals surface area contributed by atoms with Gasteiger partial charge in [-0.15, -0.1) is 0 Å². The van der Waals surface area contributed by atoms with Gasteiger partial charge in [0.2, 0.25) is 5.91 Å². The van der Waals surface area contributed by atoms with Gasteiger partial charge in [-0.05, 0) is 56.0 Å². The number of hydrogen-bond acceptors (Lipinski definition) is 6. The summed E-state index contributed by atoms with van der Waals surface area (Å²) in [5, 5.41) is 9.39.